The number of hydrogen-bond acceptors (Lipinski definition) is 6. The molecule has 0 radical (unpaired) electrons. The van der Waals surface area contributed by atoms with Crippen LogP contribution in [0.4, 0.5) is 13.2 Å². The second-order valence-corrected chi connectivity index (χ2v) is 7.61. The number of halogens is 3. The van der Waals surface area contributed by atoms with Crippen molar-refractivity contribution >= 4 is 15.4 Å². The molecule has 0 saturated heterocycles. The lowest BCUT2D eigenvalue weighted by molar-refractivity contribution is -0.144. The predicted octanol–water partition coefficient (Wildman–Crippen LogP) is 2.44. The predicted molar refractivity (Wildman–Crippen MR) is 81.5 cm³/mol. The number of alkyl halides is 3. The summed E-state index contributed by atoms with van der Waals surface area (Å²) in [6.07, 6.45) is 1.25. The lowest BCUT2D eigenvalue weighted by atomic mass is 9.99. The highest BCUT2D eigenvalue weighted by Gasteiger charge is 2.38. The van der Waals surface area contributed by atoms with E-state index in [4.69, 9.17) is 0 Å². The van der Waals surface area contributed by atoms with E-state index in [0.29, 0.717) is 12.0 Å². The smallest absolute Gasteiger partial charge is 0.222 e. The van der Waals surface area contributed by atoms with Gasteiger partial charge < -0.3 is 0 Å². The number of hydrogen-bond donors (Lipinski definition) is 0. The first-order valence-electron chi connectivity index (χ1n) is 7.44. The van der Waals surface area contributed by atoms with Crippen LogP contribution in [0.5, 0.6) is 0 Å². The second kappa shape index (κ2) is 6.21. The van der Waals surface area contributed by atoms with Crippen LogP contribution in [0.1, 0.15) is 37.3 Å². The third-order valence-electron chi connectivity index (χ3n) is 3.66. The molecule has 0 aliphatic heterocycles. The standard InChI is InChI=1S/C14H14F3N5O2S/c1-25(23,24)11-8-7-10(19-20-11)22-12(9-5-3-2-4-6-9)18-13(21-22)14(15,16)17/h5,7-8H,2-4,6H2,1H3. The first kappa shape index (κ1) is 17.5. The molecular formula is C14H14F3N5O2S. The first-order chi connectivity index (χ1) is 11.7. The summed E-state index contributed by atoms with van der Waals surface area (Å²) in [5, 5.41) is 10.5. The van der Waals surface area contributed by atoms with E-state index in [0.717, 1.165) is 30.2 Å². The molecule has 1 aliphatic rings. The number of rotatable bonds is 3. The van der Waals surface area contributed by atoms with Gasteiger partial charge in [0.05, 0.1) is 0 Å². The van der Waals surface area contributed by atoms with E-state index in [1.807, 2.05) is 6.08 Å². The van der Waals surface area contributed by atoms with Crippen LogP contribution >= 0.6 is 0 Å². The highest BCUT2D eigenvalue weighted by Crippen LogP contribution is 2.31. The van der Waals surface area contributed by atoms with Crippen LogP contribution in [0.15, 0.2) is 23.2 Å². The maximum absolute atomic E-state index is 13.0. The van der Waals surface area contributed by atoms with Crippen LogP contribution in [0.2, 0.25) is 0 Å². The Balaban J connectivity index is 2.11. The summed E-state index contributed by atoms with van der Waals surface area (Å²) < 4.78 is 62.9. The van der Waals surface area contributed by atoms with Crippen LogP contribution in [0, 0.1) is 0 Å². The van der Waals surface area contributed by atoms with Gasteiger partial charge in [-0.15, -0.1) is 15.3 Å². The molecule has 1 aliphatic carbocycles. The molecule has 0 amide bonds. The summed E-state index contributed by atoms with van der Waals surface area (Å²) in [5.74, 6) is -1.26. The van der Waals surface area contributed by atoms with E-state index in [9.17, 15) is 21.6 Å². The highest BCUT2D eigenvalue weighted by molar-refractivity contribution is 7.90. The molecule has 11 heteroatoms. The van der Waals surface area contributed by atoms with Crippen molar-refractivity contribution < 1.29 is 21.6 Å². The number of allylic oxidation sites excluding steroid dienone is 2. The minimum atomic E-state index is -4.70. The van der Waals surface area contributed by atoms with Gasteiger partial charge in [-0.2, -0.15) is 17.9 Å². The van der Waals surface area contributed by atoms with Gasteiger partial charge in [0.1, 0.15) is 0 Å². The minimum Gasteiger partial charge on any atom is -0.222 e. The third kappa shape index (κ3) is 3.70. The van der Waals surface area contributed by atoms with Crippen LogP contribution in [-0.4, -0.2) is 39.6 Å². The molecule has 3 rings (SSSR count). The van der Waals surface area contributed by atoms with E-state index < -0.39 is 21.8 Å². The summed E-state index contributed by atoms with van der Waals surface area (Å²) in [6.45, 7) is 0. The summed E-state index contributed by atoms with van der Waals surface area (Å²) in [7, 11) is -3.56. The molecule has 134 valence electrons. The summed E-state index contributed by atoms with van der Waals surface area (Å²) in [6, 6.07) is 2.43. The topological polar surface area (TPSA) is 90.6 Å². The molecule has 0 unspecified atom stereocenters. The van der Waals surface area contributed by atoms with Crippen LogP contribution in [0.3, 0.4) is 0 Å². The zero-order chi connectivity index (χ0) is 18.2. The Morgan fingerprint density at radius 3 is 2.44 bits per heavy atom. The number of nitrogens with zero attached hydrogens (tertiary/aromatic N) is 5. The molecule has 2 aromatic rings. The van der Waals surface area contributed by atoms with Crippen molar-refractivity contribution in [3.8, 4) is 5.82 Å². The van der Waals surface area contributed by atoms with Crippen molar-refractivity contribution in [3.05, 3.63) is 29.9 Å². The Labute approximate surface area is 141 Å². The largest absolute Gasteiger partial charge is 0.453 e. The van der Waals surface area contributed by atoms with Gasteiger partial charge in [0, 0.05) is 6.26 Å². The van der Waals surface area contributed by atoms with Crippen molar-refractivity contribution in [1.82, 2.24) is 25.0 Å². The van der Waals surface area contributed by atoms with Crippen molar-refractivity contribution in [2.75, 3.05) is 6.26 Å². The maximum atomic E-state index is 13.0. The normalized spacial score (nSPS) is 15.9. The Bertz CT molecular complexity index is 917. The summed E-state index contributed by atoms with van der Waals surface area (Å²) in [5.41, 5.74) is 0.656. The maximum Gasteiger partial charge on any atom is 0.453 e. The average Bonchev–Trinajstić information content (AvgIpc) is 3.00. The monoisotopic (exact) mass is 373 g/mol. The van der Waals surface area contributed by atoms with E-state index >= 15 is 0 Å². The molecule has 0 aromatic carbocycles. The van der Waals surface area contributed by atoms with Crippen LogP contribution in [-0.2, 0) is 16.0 Å². The molecule has 2 heterocycles. The van der Waals surface area contributed by atoms with Gasteiger partial charge in [-0.1, -0.05) is 6.08 Å². The van der Waals surface area contributed by atoms with Crippen LogP contribution < -0.4 is 0 Å². The lowest BCUT2D eigenvalue weighted by Crippen LogP contribution is -2.10. The van der Waals surface area contributed by atoms with Gasteiger partial charge in [-0.05, 0) is 43.4 Å². The molecular weight excluding hydrogens is 359 g/mol. The fourth-order valence-corrected chi connectivity index (χ4v) is 2.97. The minimum absolute atomic E-state index is 0.0307. The molecule has 0 saturated carbocycles. The van der Waals surface area contributed by atoms with Crippen molar-refractivity contribution in [2.45, 2.75) is 36.9 Å². The van der Waals surface area contributed by atoms with Crippen molar-refractivity contribution in [3.63, 3.8) is 0 Å². The van der Waals surface area contributed by atoms with Crippen LogP contribution in [0.25, 0.3) is 11.4 Å². The van der Waals surface area contributed by atoms with E-state index in [1.54, 1.807) is 0 Å². The Morgan fingerprint density at radius 1 is 1.16 bits per heavy atom. The molecule has 0 N–H and O–H groups in total. The summed E-state index contributed by atoms with van der Waals surface area (Å²) >= 11 is 0. The SMILES string of the molecule is CS(=O)(=O)c1ccc(-n2nc(C(F)(F)F)nc2C2=CCCCC2)nn1. The average molecular weight is 373 g/mol. The highest BCUT2D eigenvalue weighted by atomic mass is 32.2. The van der Waals surface area contributed by atoms with Crippen molar-refractivity contribution in [1.29, 1.82) is 0 Å². The third-order valence-corrected chi connectivity index (χ3v) is 4.64. The molecule has 2 aromatic heterocycles. The van der Waals surface area contributed by atoms with Gasteiger partial charge in [0.25, 0.3) is 5.82 Å². The van der Waals surface area contributed by atoms with E-state index in [-0.39, 0.29) is 16.7 Å². The molecule has 0 bridgehead atoms. The van der Waals surface area contributed by atoms with Gasteiger partial charge in [-0.3, -0.25) is 0 Å². The number of aromatic nitrogens is 5. The van der Waals surface area contributed by atoms with E-state index in [2.05, 4.69) is 20.3 Å². The van der Waals surface area contributed by atoms with Gasteiger partial charge in [0.15, 0.2) is 26.5 Å². The van der Waals surface area contributed by atoms with Crippen molar-refractivity contribution in [2.24, 2.45) is 0 Å². The lowest BCUT2D eigenvalue weighted by Gasteiger charge is -2.12. The molecule has 0 spiro atoms. The van der Waals surface area contributed by atoms with Gasteiger partial charge in [-0.25, -0.2) is 13.4 Å². The molecule has 25 heavy (non-hydrogen) atoms. The quantitative estimate of drug-likeness (QED) is 0.821. The zero-order valence-corrected chi connectivity index (χ0v) is 14.0. The molecule has 7 nitrogen and oxygen atoms in total. The molecule has 0 fully saturated rings. The van der Waals surface area contributed by atoms with E-state index in [1.165, 1.54) is 12.1 Å². The first-order valence-corrected chi connectivity index (χ1v) is 9.33. The fraction of sp³-hybridized carbons (Fsp3) is 0.429. The number of sulfone groups is 1. The molecule has 0 atom stereocenters. The fourth-order valence-electron chi connectivity index (χ4n) is 2.46. The van der Waals surface area contributed by atoms with Gasteiger partial charge >= 0.3 is 6.18 Å². The zero-order valence-electron chi connectivity index (χ0n) is 13.2. The Kier molecular flexibility index (Phi) is 4.35. The van der Waals surface area contributed by atoms with Gasteiger partial charge in [0.2, 0.25) is 0 Å². The Morgan fingerprint density at radius 2 is 1.92 bits per heavy atom. The summed E-state index contributed by atoms with van der Waals surface area (Å²) in [4.78, 5) is 3.63. The Hall–Kier alpha value is -2.30. The second-order valence-electron chi connectivity index (χ2n) is 5.65.